The van der Waals surface area contributed by atoms with Crippen LogP contribution in [0.25, 0.3) is 0 Å². The van der Waals surface area contributed by atoms with E-state index in [1.165, 1.54) is 35.2 Å². The zero-order valence-electron chi connectivity index (χ0n) is 13.6. The second-order valence-electron chi connectivity index (χ2n) is 5.96. The number of fused-ring (bicyclic) bond motifs is 1. The molecule has 0 saturated carbocycles. The number of hydrogen-bond acceptors (Lipinski definition) is 4. The van der Waals surface area contributed by atoms with E-state index in [9.17, 15) is 19.4 Å². The molecule has 0 fully saturated rings. The van der Waals surface area contributed by atoms with Gasteiger partial charge in [0, 0.05) is 16.9 Å². The molecule has 1 heterocycles. The molecule has 5 nitrogen and oxygen atoms in total. The van der Waals surface area contributed by atoms with Crippen LogP contribution in [0.4, 0.5) is 15.8 Å². The number of benzene rings is 3. The number of anilines is 2. The average molecular weight is 350 g/mol. The summed E-state index contributed by atoms with van der Waals surface area (Å²) in [5.41, 5.74) is 1.87. The number of phenolic OH excluding ortho intramolecular Hbond substituents is 2. The van der Waals surface area contributed by atoms with Crippen LogP contribution in [0.1, 0.15) is 22.1 Å². The summed E-state index contributed by atoms with van der Waals surface area (Å²) in [6.07, 6.45) is -0.769. The van der Waals surface area contributed by atoms with Gasteiger partial charge in [-0.15, -0.1) is 0 Å². The van der Waals surface area contributed by atoms with E-state index in [0.29, 0.717) is 22.5 Å². The Kier molecular flexibility index (Phi) is 3.73. The van der Waals surface area contributed by atoms with Crippen molar-refractivity contribution in [2.45, 2.75) is 6.17 Å². The number of nitrogens with zero attached hydrogens (tertiary/aromatic N) is 1. The Bertz CT molecular complexity index is 989. The highest BCUT2D eigenvalue weighted by Gasteiger charge is 2.35. The third kappa shape index (κ3) is 2.52. The van der Waals surface area contributed by atoms with E-state index >= 15 is 0 Å². The van der Waals surface area contributed by atoms with Crippen molar-refractivity contribution in [1.29, 1.82) is 0 Å². The number of amides is 1. The van der Waals surface area contributed by atoms with Crippen LogP contribution in [0.15, 0.2) is 66.7 Å². The molecule has 1 atom stereocenters. The van der Waals surface area contributed by atoms with Crippen LogP contribution in [-0.2, 0) is 0 Å². The Morgan fingerprint density at radius 2 is 1.65 bits per heavy atom. The molecule has 3 N–H and O–H groups in total. The molecule has 0 unspecified atom stereocenters. The smallest absolute Gasteiger partial charge is 0.262 e. The minimum atomic E-state index is -0.769. The summed E-state index contributed by atoms with van der Waals surface area (Å²) in [4.78, 5) is 14.6. The van der Waals surface area contributed by atoms with Crippen molar-refractivity contribution in [2.24, 2.45) is 0 Å². The van der Waals surface area contributed by atoms with E-state index in [2.05, 4.69) is 5.32 Å². The Hall–Kier alpha value is -3.54. The maximum absolute atomic E-state index is 13.3. The van der Waals surface area contributed by atoms with Gasteiger partial charge >= 0.3 is 0 Å². The number of carbonyl (C=O) groups excluding carboxylic acids is 1. The first-order valence-corrected chi connectivity index (χ1v) is 8.02. The third-order valence-corrected chi connectivity index (χ3v) is 4.37. The Morgan fingerprint density at radius 3 is 2.42 bits per heavy atom. The molecule has 26 heavy (non-hydrogen) atoms. The van der Waals surface area contributed by atoms with Crippen molar-refractivity contribution in [3.05, 3.63) is 83.7 Å². The number of rotatable bonds is 2. The number of phenols is 2. The van der Waals surface area contributed by atoms with Crippen LogP contribution in [0.2, 0.25) is 0 Å². The number of halogens is 1. The Labute approximate surface area is 148 Å². The van der Waals surface area contributed by atoms with Gasteiger partial charge in [-0.05, 0) is 42.5 Å². The van der Waals surface area contributed by atoms with E-state index in [0.717, 1.165) is 0 Å². The molecule has 0 aliphatic carbocycles. The fourth-order valence-electron chi connectivity index (χ4n) is 3.11. The lowest BCUT2D eigenvalue weighted by atomic mass is 10.0. The Morgan fingerprint density at radius 1 is 0.923 bits per heavy atom. The predicted molar refractivity (Wildman–Crippen MR) is 95.8 cm³/mol. The lowest BCUT2D eigenvalue weighted by Gasteiger charge is -2.38. The molecule has 4 rings (SSSR count). The summed E-state index contributed by atoms with van der Waals surface area (Å²) >= 11 is 0. The lowest BCUT2D eigenvalue weighted by molar-refractivity contribution is 0.0974. The van der Waals surface area contributed by atoms with Gasteiger partial charge < -0.3 is 15.5 Å². The standard InChI is InChI=1S/C20H15FN2O3/c21-12-8-10-13(11-9-12)23-19(15-5-3-7-17(24)18(15)25)22-16-6-2-1-4-14(16)20(23)26/h1-11,19,22,24-25H/t19-/m0/s1. The number of nitrogens with one attached hydrogen (secondary N) is 1. The van der Waals surface area contributed by atoms with Gasteiger partial charge in [0.05, 0.1) is 5.56 Å². The average Bonchev–Trinajstić information content (AvgIpc) is 2.65. The van der Waals surface area contributed by atoms with Gasteiger partial charge in [0.2, 0.25) is 0 Å². The second-order valence-corrected chi connectivity index (χ2v) is 5.96. The molecule has 6 heteroatoms. The lowest BCUT2D eigenvalue weighted by Crippen LogP contribution is -2.43. The number of para-hydroxylation sites is 2. The number of carbonyl (C=O) groups is 1. The highest BCUT2D eigenvalue weighted by Crippen LogP contribution is 2.41. The maximum Gasteiger partial charge on any atom is 0.262 e. The third-order valence-electron chi connectivity index (χ3n) is 4.37. The van der Waals surface area contributed by atoms with Crippen LogP contribution < -0.4 is 10.2 Å². The fourth-order valence-corrected chi connectivity index (χ4v) is 3.11. The molecular formula is C20H15FN2O3. The molecule has 0 radical (unpaired) electrons. The van der Waals surface area contributed by atoms with Crippen LogP contribution >= 0.6 is 0 Å². The first kappa shape index (κ1) is 16.0. The molecule has 0 bridgehead atoms. The minimum absolute atomic E-state index is 0.283. The molecule has 1 amide bonds. The number of hydrogen-bond donors (Lipinski definition) is 3. The Balaban J connectivity index is 1.90. The van der Waals surface area contributed by atoms with E-state index < -0.39 is 12.0 Å². The minimum Gasteiger partial charge on any atom is -0.504 e. The van der Waals surface area contributed by atoms with Gasteiger partial charge in [0.25, 0.3) is 5.91 Å². The molecule has 3 aromatic carbocycles. The predicted octanol–water partition coefficient (Wildman–Crippen LogP) is 4.01. The van der Waals surface area contributed by atoms with Crippen LogP contribution in [0.5, 0.6) is 11.5 Å². The fraction of sp³-hybridized carbons (Fsp3) is 0.0500. The molecule has 1 aliphatic heterocycles. The summed E-state index contributed by atoms with van der Waals surface area (Å²) in [6.45, 7) is 0. The quantitative estimate of drug-likeness (QED) is 0.611. The first-order valence-electron chi connectivity index (χ1n) is 8.02. The van der Waals surface area contributed by atoms with Gasteiger partial charge in [-0.3, -0.25) is 9.69 Å². The zero-order chi connectivity index (χ0) is 18.3. The van der Waals surface area contributed by atoms with Crippen molar-refractivity contribution in [3.8, 4) is 11.5 Å². The van der Waals surface area contributed by atoms with Gasteiger partial charge in [0.1, 0.15) is 12.0 Å². The van der Waals surface area contributed by atoms with Gasteiger partial charge in [-0.25, -0.2) is 4.39 Å². The van der Waals surface area contributed by atoms with Crippen molar-refractivity contribution < 1.29 is 19.4 Å². The van der Waals surface area contributed by atoms with Gasteiger partial charge in [-0.1, -0.05) is 24.3 Å². The van der Waals surface area contributed by atoms with Crippen molar-refractivity contribution in [1.82, 2.24) is 0 Å². The van der Waals surface area contributed by atoms with Gasteiger partial charge in [0.15, 0.2) is 11.5 Å². The van der Waals surface area contributed by atoms with E-state index in [-0.39, 0.29) is 17.4 Å². The van der Waals surface area contributed by atoms with Crippen LogP contribution in [-0.4, -0.2) is 16.1 Å². The van der Waals surface area contributed by atoms with Crippen LogP contribution in [0, 0.1) is 5.82 Å². The highest BCUT2D eigenvalue weighted by atomic mass is 19.1. The SMILES string of the molecule is O=C1c2ccccc2N[C@H](c2cccc(O)c2O)N1c1ccc(F)cc1. The summed E-state index contributed by atoms with van der Waals surface area (Å²) in [5.74, 6) is -1.30. The summed E-state index contributed by atoms with van der Waals surface area (Å²) < 4.78 is 13.3. The summed E-state index contributed by atoms with van der Waals surface area (Å²) in [7, 11) is 0. The molecule has 0 aromatic heterocycles. The second kappa shape index (κ2) is 6.07. The molecule has 130 valence electrons. The monoisotopic (exact) mass is 350 g/mol. The van der Waals surface area contributed by atoms with Gasteiger partial charge in [-0.2, -0.15) is 0 Å². The molecule has 0 saturated heterocycles. The van der Waals surface area contributed by atoms with E-state index in [1.807, 2.05) is 0 Å². The molecule has 1 aliphatic rings. The zero-order valence-corrected chi connectivity index (χ0v) is 13.6. The normalized spacial score (nSPS) is 16.1. The summed E-state index contributed by atoms with van der Waals surface area (Å²) in [5, 5.41) is 23.4. The van der Waals surface area contributed by atoms with E-state index in [1.54, 1.807) is 36.4 Å². The number of aromatic hydroxyl groups is 2. The van der Waals surface area contributed by atoms with Crippen molar-refractivity contribution in [3.63, 3.8) is 0 Å². The molecule has 3 aromatic rings. The van der Waals surface area contributed by atoms with Crippen molar-refractivity contribution in [2.75, 3.05) is 10.2 Å². The first-order chi connectivity index (χ1) is 12.6. The van der Waals surface area contributed by atoms with Crippen LogP contribution in [0.3, 0.4) is 0 Å². The maximum atomic E-state index is 13.3. The topological polar surface area (TPSA) is 72.8 Å². The summed E-state index contributed by atoms with van der Waals surface area (Å²) in [6, 6.07) is 17.1. The molecule has 0 spiro atoms. The molecular weight excluding hydrogens is 335 g/mol. The van der Waals surface area contributed by atoms with E-state index in [4.69, 9.17) is 0 Å². The highest BCUT2D eigenvalue weighted by molar-refractivity contribution is 6.12. The van der Waals surface area contributed by atoms with Crippen molar-refractivity contribution >= 4 is 17.3 Å². The largest absolute Gasteiger partial charge is 0.504 e.